The first-order valence-electron chi connectivity index (χ1n) is 10.8. The van der Waals surface area contributed by atoms with Crippen molar-refractivity contribution < 1.29 is 19.1 Å². The summed E-state index contributed by atoms with van der Waals surface area (Å²) in [6.45, 7) is 5.21. The summed E-state index contributed by atoms with van der Waals surface area (Å²) in [5, 5.41) is 0.713. The topological polar surface area (TPSA) is 70.2 Å². The molecular formula is C23H28ClN3O4. The Balaban J connectivity index is 1.36. The highest BCUT2D eigenvalue weighted by Crippen LogP contribution is 2.35. The molecule has 0 bridgehead atoms. The third kappa shape index (κ3) is 4.93. The molecule has 0 spiro atoms. The summed E-state index contributed by atoms with van der Waals surface area (Å²) in [4.78, 5) is 43.1. The normalized spacial score (nSPS) is 25.0. The van der Waals surface area contributed by atoms with E-state index in [2.05, 4.69) is 9.80 Å². The Kier molecular flexibility index (Phi) is 6.62. The molecule has 0 N–H and O–H groups in total. The average Bonchev–Trinajstić information content (AvgIpc) is 2.99. The van der Waals surface area contributed by atoms with Crippen LogP contribution < -0.4 is 4.90 Å². The minimum Gasteiger partial charge on any atom is -0.459 e. The third-order valence-corrected chi connectivity index (χ3v) is 6.56. The Bertz CT molecular complexity index is 855. The largest absolute Gasteiger partial charge is 0.459 e. The van der Waals surface area contributed by atoms with E-state index in [1.54, 1.807) is 0 Å². The summed E-state index contributed by atoms with van der Waals surface area (Å²) in [5.74, 6) is -1.21. The minimum absolute atomic E-state index is 0.124. The van der Waals surface area contributed by atoms with Crippen LogP contribution in [0, 0.1) is 11.8 Å². The smallest absolute Gasteiger partial charge is 0.303 e. The van der Waals surface area contributed by atoms with Crippen LogP contribution in [-0.4, -0.2) is 73.0 Å². The van der Waals surface area contributed by atoms with Crippen LogP contribution in [0.25, 0.3) is 0 Å². The number of ether oxygens (including phenoxy) is 1. The number of fused-ring (bicyclic) bond motifs is 1. The Morgan fingerprint density at radius 1 is 1.06 bits per heavy atom. The van der Waals surface area contributed by atoms with Gasteiger partial charge in [-0.25, -0.2) is 0 Å². The van der Waals surface area contributed by atoms with Crippen LogP contribution in [0.2, 0.25) is 5.02 Å². The van der Waals surface area contributed by atoms with Gasteiger partial charge < -0.3 is 9.64 Å². The van der Waals surface area contributed by atoms with E-state index in [0.29, 0.717) is 24.4 Å². The van der Waals surface area contributed by atoms with E-state index in [0.717, 1.165) is 31.9 Å². The quantitative estimate of drug-likeness (QED) is 0.380. The number of carbonyl (C=O) groups excluding carboxylic acids is 3. The van der Waals surface area contributed by atoms with Gasteiger partial charge in [0.05, 0.1) is 18.4 Å². The number of anilines is 1. The number of rotatable bonds is 6. The number of allylic oxidation sites excluding steroid dienone is 2. The van der Waals surface area contributed by atoms with Gasteiger partial charge in [0.2, 0.25) is 11.8 Å². The first kappa shape index (κ1) is 21.8. The van der Waals surface area contributed by atoms with Crippen molar-refractivity contribution in [2.24, 2.45) is 11.8 Å². The van der Waals surface area contributed by atoms with Gasteiger partial charge in [-0.15, -0.1) is 0 Å². The first-order valence-corrected chi connectivity index (χ1v) is 11.2. The summed E-state index contributed by atoms with van der Waals surface area (Å²) in [6, 6.07) is 7.80. The molecule has 4 rings (SSSR count). The molecule has 8 heteroatoms. The molecule has 3 aliphatic rings. The number of nitrogens with zero attached hydrogens (tertiary/aromatic N) is 3. The highest BCUT2D eigenvalue weighted by atomic mass is 35.5. The summed E-state index contributed by atoms with van der Waals surface area (Å²) in [5.41, 5.74) is 1.09. The maximum absolute atomic E-state index is 12.8. The lowest BCUT2D eigenvalue weighted by Gasteiger charge is -2.37. The van der Waals surface area contributed by atoms with Gasteiger partial charge in [0, 0.05) is 50.4 Å². The van der Waals surface area contributed by atoms with Gasteiger partial charge in [-0.05, 0) is 31.0 Å². The molecule has 2 saturated heterocycles. The highest BCUT2D eigenvalue weighted by Gasteiger charge is 2.48. The van der Waals surface area contributed by atoms with Crippen LogP contribution in [0.1, 0.15) is 19.8 Å². The number of benzene rings is 1. The van der Waals surface area contributed by atoms with Gasteiger partial charge in [-0.3, -0.25) is 24.2 Å². The minimum atomic E-state index is -0.531. The molecule has 2 aliphatic heterocycles. The predicted octanol–water partition coefficient (Wildman–Crippen LogP) is 2.34. The van der Waals surface area contributed by atoms with E-state index >= 15 is 0 Å². The number of hydrogen-bond donors (Lipinski definition) is 0. The molecule has 0 saturated carbocycles. The predicted molar refractivity (Wildman–Crippen MR) is 118 cm³/mol. The summed E-state index contributed by atoms with van der Waals surface area (Å²) >= 11 is 6.11. The molecule has 2 heterocycles. The zero-order valence-corrected chi connectivity index (χ0v) is 18.5. The van der Waals surface area contributed by atoms with Crippen molar-refractivity contribution in [1.82, 2.24) is 9.80 Å². The van der Waals surface area contributed by atoms with Crippen molar-refractivity contribution in [3.8, 4) is 0 Å². The van der Waals surface area contributed by atoms with Crippen LogP contribution in [-0.2, 0) is 19.1 Å². The van der Waals surface area contributed by atoms with Gasteiger partial charge in [0.25, 0.3) is 0 Å². The van der Waals surface area contributed by atoms with Crippen molar-refractivity contribution >= 4 is 35.1 Å². The molecule has 7 nitrogen and oxygen atoms in total. The lowest BCUT2D eigenvalue weighted by molar-refractivity contribution is -0.153. The Hall–Kier alpha value is -2.38. The number of imide groups is 1. The third-order valence-electron chi connectivity index (χ3n) is 6.33. The lowest BCUT2D eigenvalue weighted by atomic mass is 9.85. The van der Waals surface area contributed by atoms with E-state index in [1.165, 1.54) is 11.8 Å². The number of piperazine rings is 1. The Labute approximate surface area is 187 Å². The van der Waals surface area contributed by atoms with Crippen LogP contribution >= 0.6 is 11.6 Å². The fourth-order valence-corrected chi connectivity index (χ4v) is 4.95. The summed E-state index contributed by atoms with van der Waals surface area (Å²) < 4.78 is 5.52. The van der Waals surface area contributed by atoms with E-state index in [1.807, 2.05) is 36.4 Å². The number of halogens is 1. The zero-order chi connectivity index (χ0) is 22.0. The molecule has 1 aromatic carbocycles. The van der Waals surface area contributed by atoms with Gasteiger partial charge in [0.15, 0.2) is 0 Å². The fraction of sp³-hybridized carbons (Fsp3) is 0.522. The van der Waals surface area contributed by atoms with Crippen molar-refractivity contribution in [2.75, 3.05) is 44.2 Å². The second-order valence-corrected chi connectivity index (χ2v) is 8.88. The number of esters is 1. The lowest BCUT2D eigenvalue weighted by Crippen LogP contribution is -2.51. The number of hydrogen-bond acceptors (Lipinski definition) is 6. The average molecular weight is 446 g/mol. The maximum atomic E-state index is 12.8. The van der Waals surface area contributed by atoms with Gasteiger partial charge in [-0.1, -0.05) is 29.8 Å². The molecule has 31 heavy (non-hydrogen) atoms. The van der Waals surface area contributed by atoms with Crippen LogP contribution in [0.15, 0.2) is 36.4 Å². The monoisotopic (exact) mass is 445 g/mol. The number of carbonyl (C=O) groups is 3. The van der Waals surface area contributed by atoms with Crippen molar-refractivity contribution in [2.45, 2.75) is 25.9 Å². The molecule has 1 aromatic rings. The number of likely N-dealkylation sites (tertiary alicyclic amines) is 1. The summed E-state index contributed by atoms with van der Waals surface area (Å²) in [6.07, 6.45) is 4.62. The molecule has 3 atom stereocenters. The highest BCUT2D eigenvalue weighted by molar-refractivity contribution is 6.30. The first-order chi connectivity index (χ1) is 14.9. The van der Waals surface area contributed by atoms with Crippen LogP contribution in [0.3, 0.4) is 0 Å². The van der Waals surface area contributed by atoms with E-state index < -0.39 is 12.1 Å². The SMILES string of the molecule is CC(=O)OC(CN1CCN(c2cccc(Cl)c2)CC1)CN1C(=O)[C@H]2CC=CC[C@H]2C1=O. The van der Waals surface area contributed by atoms with Gasteiger partial charge in [-0.2, -0.15) is 0 Å². The van der Waals surface area contributed by atoms with Crippen LogP contribution in [0.5, 0.6) is 0 Å². The maximum Gasteiger partial charge on any atom is 0.303 e. The standard InChI is InChI=1S/C23H28ClN3O4/c1-16(28)31-19(15-27-22(29)20-7-2-3-8-21(20)23(27)30)14-25-9-11-26(12-10-25)18-6-4-5-17(24)13-18/h2-6,13,19-21H,7-12,14-15H2,1H3/t19?,20-,21+. The summed E-state index contributed by atoms with van der Waals surface area (Å²) in [7, 11) is 0. The molecule has 0 radical (unpaired) electrons. The number of amides is 2. The molecule has 1 aliphatic carbocycles. The molecular weight excluding hydrogens is 418 g/mol. The van der Waals surface area contributed by atoms with Gasteiger partial charge >= 0.3 is 5.97 Å². The molecule has 1 unspecified atom stereocenters. The molecule has 166 valence electrons. The molecule has 0 aromatic heterocycles. The van der Waals surface area contributed by atoms with Crippen LogP contribution in [0.4, 0.5) is 5.69 Å². The fourth-order valence-electron chi connectivity index (χ4n) is 4.77. The van der Waals surface area contributed by atoms with E-state index in [-0.39, 0.29) is 30.2 Å². The second-order valence-electron chi connectivity index (χ2n) is 8.44. The Morgan fingerprint density at radius 3 is 2.29 bits per heavy atom. The van der Waals surface area contributed by atoms with E-state index in [9.17, 15) is 14.4 Å². The second kappa shape index (κ2) is 9.40. The van der Waals surface area contributed by atoms with Crippen molar-refractivity contribution in [3.63, 3.8) is 0 Å². The van der Waals surface area contributed by atoms with Gasteiger partial charge in [0.1, 0.15) is 6.10 Å². The molecule has 2 amide bonds. The van der Waals surface area contributed by atoms with Crippen molar-refractivity contribution in [1.29, 1.82) is 0 Å². The van der Waals surface area contributed by atoms with Crippen molar-refractivity contribution in [3.05, 3.63) is 41.4 Å². The zero-order valence-electron chi connectivity index (χ0n) is 17.7. The van der Waals surface area contributed by atoms with E-state index in [4.69, 9.17) is 16.3 Å². The Morgan fingerprint density at radius 2 is 1.71 bits per heavy atom. The molecule has 2 fully saturated rings.